The number of alkyl halides is 3. The Morgan fingerprint density at radius 1 is 1.20 bits per heavy atom. The minimum atomic E-state index is -4.69. The Morgan fingerprint density at radius 2 is 1.87 bits per heavy atom. The number of rotatable bonds is 7. The van der Waals surface area contributed by atoms with Gasteiger partial charge in [-0.15, -0.1) is 13.2 Å². The Labute approximate surface area is 177 Å². The van der Waals surface area contributed by atoms with Crippen molar-refractivity contribution in [3.63, 3.8) is 0 Å². The van der Waals surface area contributed by atoms with Crippen molar-refractivity contribution < 1.29 is 22.7 Å². The van der Waals surface area contributed by atoms with Gasteiger partial charge in [0.15, 0.2) is 4.77 Å². The summed E-state index contributed by atoms with van der Waals surface area (Å²) in [4.78, 5) is 16.7. The van der Waals surface area contributed by atoms with Gasteiger partial charge in [-0.1, -0.05) is 19.1 Å². The van der Waals surface area contributed by atoms with E-state index in [-0.39, 0.29) is 18.2 Å². The van der Waals surface area contributed by atoms with Crippen molar-refractivity contribution in [1.82, 2.24) is 24.6 Å². The van der Waals surface area contributed by atoms with Gasteiger partial charge in [0.2, 0.25) is 5.91 Å². The number of hydrogen-bond acceptors (Lipinski definition) is 5. The number of hydrogen-bond donors (Lipinski definition) is 1. The number of carbonyl (C=O) groups is 1. The first-order valence-electron chi connectivity index (χ1n) is 9.74. The molecule has 1 fully saturated rings. The van der Waals surface area contributed by atoms with Gasteiger partial charge < -0.3 is 9.64 Å². The first kappa shape index (κ1) is 22.3. The lowest BCUT2D eigenvalue weighted by Crippen LogP contribution is -2.49. The second-order valence-corrected chi connectivity index (χ2v) is 7.52. The highest BCUT2D eigenvalue weighted by Gasteiger charge is 2.31. The number of aromatic nitrogens is 3. The maximum Gasteiger partial charge on any atom is 0.573 e. The van der Waals surface area contributed by atoms with E-state index in [0.717, 1.165) is 24.2 Å². The summed E-state index contributed by atoms with van der Waals surface area (Å²) in [7, 11) is 0. The van der Waals surface area contributed by atoms with Crippen LogP contribution in [0.3, 0.4) is 0 Å². The number of piperazine rings is 1. The molecule has 0 bridgehead atoms. The van der Waals surface area contributed by atoms with Crippen LogP contribution in [0.15, 0.2) is 24.3 Å². The molecule has 2 aromatic rings. The molecule has 11 heteroatoms. The normalized spacial score (nSPS) is 15.4. The predicted octanol–water partition coefficient (Wildman–Crippen LogP) is 3.14. The van der Waals surface area contributed by atoms with Crippen molar-refractivity contribution in [3.05, 3.63) is 40.4 Å². The zero-order valence-electron chi connectivity index (χ0n) is 16.6. The summed E-state index contributed by atoms with van der Waals surface area (Å²) in [6.45, 7) is 5.36. The molecule has 1 aromatic heterocycles. The van der Waals surface area contributed by atoms with Gasteiger partial charge in [0, 0.05) is 39.1 Å². The molecule has 0 spiro atoms. The number of aromatic amines is 1. The second kappa shape index (κ2) is 9.61. The minimum absolute atomic E-state index is 0.00171. The van der Waals surface area contributed by atoms with E-state index in [1.807, 2.05) is 6.92 Å². The molecule has 164 valence electrons. The van der Waals surface area contributed by atoms with Crippen molar-refractivity contribution in [3.8, 4) is 5.75 Å². The summed E-state index contributed by atoms with van der Waals surface area (Å²) in [6, 6.07) is 5.86. The summed E-state index contributed by atoms with van der Waals surface area (Å²) >= 11 is 5.23. The second-order valence-electron chi connectivity index (χ2n) is 7.13. The van der Waals surface area contributed by atoms with Gasteiger partial charge >= 0.3 is 6.36 Å². The van der Waals surface area contributed by atoms with Crippen LogP contribution in [0.2, 0.25) is 0 Å². The number of ether oxygens (including phenoxy) is 1. The van der Waals surface area contributed by atoms with Crippen LogP contribution in [-0.4, -0.2) is 63.0 Å². The van der Waals surface area contributed by atoms with Crippen molar-refractivity contribution in [2.45, 2.75) is 39.2 Å². The predicted molar refractivity (Wildman–Crippen MR) is 106 cm³/mol. The third-order valence-electron chi connectivity index (χ3n) is 4.89. The van der Waals surface area contributed by atoms with Gasteiger partial charge in [0.25, 0.3) is 0 Å². The van der Waals surface area contributed by atoms with E-state index in [9.17, 15) is 18.0 Å². The molecule has 1 aliphatic rings. The zero-order valence-corrected chi connectivity index (χ0v) is 17.4. The van der Waals surface area contributed by atoms with Crippen LogP contribution in [0.25, 0.3) is 0 Å². The molecule has 3 rings (SSSR count). The summed E-state index contributed by atoms with van der Waals surface area (Å²) < 4.78 is 42.8. The van der Waals surface area contributed by atoms with Gasteiger partial charge in [0.05, 0.1) is 0 Å². The van der Waals surface area contributed by atoms with Crippen molar-refractivity contribution in [1.29, 1.82) is 0 Å². The summed E-state index contributed by atoms with van der Waals surface area (Å²) in [6.07, 6.45) is -3.03. The Hall–Kier alpha value is -2.40. The summed E-state index contributed by atoms with van der Waals surface area (Å²) in [5.41, 5.74) is 0.887. The van der Waals surface area contributed by atoms with Crippen molar-refractivity contribution >= 4 is 18.1 Å². The van der Waals surface area contributed by atoms with E-state index < -0.39 is 6.36 Å². The molecule has 1 aromatic carbocycles. The number of amides is 1. The number of halogens is 3. The standard InChI is InChI=1S/C19H24F3N5O2S/c1-2-3-16-23-24-18(30)27(16)13-17(28)26-10-8-25(9-11-26)12-14-4-6-15(7-5-14)29-19(20,21)22/h4-7H,2-3,8-13H2,1H3,(H,24,30). The maximum atomic E-state index is 12.7. The van der Waals surface area contributed by atoms with Crippen LogP contribution >= 0.6 is 12.2 Å². The Bertz CT molecular complexity index is 902. The average molecular weight is 443 g/mol. The fraction of sp³-hybridized carbons (Fsp3) is 0.526. The highest BCUT2D eigenvalue weighted by molar-refractivity contribution is 7.71. The van der Waals surface area contributed by atoms with Crippen LogP contribution in [-0.2, 0) is 24.3 Å². The third kappa shape index (κ3) is 6.05. The van der Waals surface area contributed by atoms with E-state index in [2.05, 4.69) is 19.8 Å². The van der Waals surface area contributed by atoms with Gasteiger partial charge in [0.1, 0.15) is 18.1 Å². The molecule has 0 atom stereocenters. The number of nitrogens with zero attached hydrogens (tertiary/aromatic N) is 4. The monoisotopic (exact) mass is 443 g/mol. The highest BCUT2D eigenvalue weighted by atomic mass is 32.1. The Balaban J connectivity index is 1.49. The SMILES string of the molecule is CCCc1n[nH]c(=S)n1CC(=O)N1CCN(Cc2ccc(OC(F)(F)F)cc2)CC1. The lowest BCUT2D eigenvalue weighted by molar-refractivity contribution is -0.274. The third-order valence-corrected chi connectivity index (χ3v) is 5.20. The maximum absolute atomic E-state index is 12.7. The molecule has 0 radical (unpaired) electrons. The molecular weight excluding hydrogens is 419 g/mol. The topological polar surface area (TPSA) is 66.4 Å². The van der Waals surface area contributed by atoms with E-state index in [1.54, 1.807) is 21.6 Å². The first-order chi connectivity index (χ1) is 14.2. The lowest BCUT2D eigenvalue weighted by atomic mass is 10.2. The van der Waals surface area contributed by atoms with Crippen LogP contribution < -0.4 is 4.74 Å². The van der Waals surface area contributed by atoms with Gasteiger partial charge in [-0.2, -0.15) is 5.10 Å². The largest absolute Gasteiger partial charge is 0.573 e. The first-order valence-corrected chi connectivity index (χ1v) is 10.1. The number of carbonyl (C=O) groups excluding carboxylic acids is 1. The van der Waals surface area contributed by atoms with Crippen molar-refractivity contribution in [2.75, 3.05) is 26.2 Å². The fourth-order valence-electron chi connectivity index (χ4n) is 3.37. The van der Waals surface area contributed by atoms with Crippen LogP contribution in [0, 0.1) is 4.77 Å². The van der Waals surface area contributed by atoms with E-state index in [4.69, 9.17) is 12.2 Å². The van der Waals surface area contributed by atoms with Gasteiger partial charge in [-0.3, -0.25) is 19.4 Å². The zero-order chi connectivity index (χ0) is 21.7. The van der Waals surface area contributed by atoms with Crippen LogP contribution in [0.4, 0.5) is 13.2 Å². The number of aryl methyl sites for hydroxylation is 1. The summed E-state index contributed by atoms with van der Waals surface area (Å²) in [5, 5.41) is 6.93. The summed E-state index contributed by atoms with van der Waals surface area (Å²) in [5.74, 6) is 0.549. The molecule has 0 unspecified atom stereocenters. The van der Waals surface area contributed by atoms with Crippen molar-refractivity contribution in [2.24, 2.45) is 0 Å². The molecular formula is C19H24F3N5O2S. The fourth-order valence-corrected chi connectivity index (χ4v) is 3.59. The highest BCUT2D eigenvalue weighted by Crippen LogP contribution is 2.23. The molecule has 1 saturated heterocycles. The molecule has 0 aliphatic carbocycles. The Morgan fingerprint density at radius 3 is 2.47 bits per heavy atom. The molecule has 7 nitrogen and oxygen atoms in total. The van der Waals surface area contributed by atoms with Gasteiger partial charge in [-0.05, 0) is 36.3 Å². The molecule has 1 amide bonds. The van der Waals surface area contributed by atoms with E-state index >= 15 is 0 Å². The number of H-pyrrole nitrogens is 1. The van der Waals surface area contributed by atoms with Crippen LogP contribution in [0.5, 0.6) is 5.75 Å². The number of benzene rings is 1. The molecule has 2 heterocycles. The van der Waals surface area contributed by atoms with Gasteiger partial charge in [-0.25, -0.2) is 0 Å². The van der Waals surface area contributed by atoms with E-state index in [1.165, 1.54) is 12.1 Å². The molecule has 0 saturated carbocycles. The van der Waals surface area contributed by atoms with Crippen LogP contribution in [0.1, 0.15) is 24.7 Å². The molecule has 1 aliphatic heterocycles. The average Bonchev–Trinajstić information content (AvgIpc) is 3.03. The Kier molecular flexibility index (Phi) is 7.14. The van der Waals surface area contributed by atoms with E-state index in [0.29, 0.717) is 37.5 Å². The lowest BCUT2D eigenvalue weighted by Gasteiger charge is -2.35. The molecule has 30 heavy (non-hydrogen) atoms. The minimum Gasteiger partial charge on any atom is -0.406 e. The quantitative estimate of drug-likeness (QED) is 0.666. The smallest absolute Gasteiger partial charge is 0.406 e. The number of nitrogens with one attached hydrogen (secondary N) is 1. The molecule has 1 N–H and O–H groups in total.